The predicted molar refractivity (Wildman–Crippen MR) is 97.7 cm³/mol. The van der Waals surface area contributed by atoms with Gasteiger partial charge in [-0.3, -0.25) is 4.79 Å². The first-order chi connectivity index (χ1) is 11.4. The lowest BCUT2D eigenvalue weighted by molar-refractivity contribution is 0.0955. The van der Waals surface area contributed by atoms with Gasteiger partial charge in [0.1, 0.15) is 0 Å². The van der Waals surface area contributed by atoms with Crippen LogP contribution in [0.25, 0.3) is 0 Å². The van der Waals surface area contributed by atoms with E-state index in [-0.39, 0.29) is 11.7 Å². The van der Waals surface area contributed by atoms with Crippen LogP contribution in [-0.2, 0) is 28.7 Å². The summed E-state index contributed by atoms with van der Waals surface area (Å²) in [6.45, 7) is 4.38. The molecule has 1 aromatic carbocycles. The van der Waals surface area contributed by atoms with Crippen molar-refractivity contribution in [1.82, 2.24) is 10.0 Å². The van der Waals surface area contributed by atoms with Crippen molar-refractivity contribution in [2.24, 2.45) is 0 Å². The smallest absolute Gasteiger partial charge is 0.261 e. The molecule has 0 unspecified atom stereocenters. The van der Waals surface area contributed by atoms with Gasteiger partial charge in [0.25, 0.3) is 5.91 Å². The number of carbonyl (C=O) groups is 1. The molecule has 1 heterocycles. The summed E-state index contributed by atoms with van der Waals surface area (Å²) in [5.41, 5.74) is 2.67. The minimum absolute atomic E-state index is 0.104. The zero-order valence-electron chi connectivity index (χ0n) is 14.0. The number of benzene rings is 1. The van der Waals surface area contributed by atoms with Crippen LogP contribution in [0, 0.1) is 6.92 Å². The number of aryl methyl sites for hydroxylation is 2. The molecule has 2 N–H and O–H groups in total. The molecule has 2 aromatic rings. The number of nitrogens with one attached hydrogen (secondary N) is 2. The lowest BCUT2D eigenvalue weighted by atomic mass is 10.1. The molecule has 0 saturated heterocycles. The lowest BCUT2D eigenvalue weighted by Gasteiger charge is -2.10. The highest BCUT2D eigenvalue weighted by Gasteiger charge is 2.14. The molecule has 0 atom stereocenters. The van der Waals surface area contributed by atoms with E-state index in [0.717, 1.165) is 16.9 Å². The normalized spacial score (nSPS) is 11.5. The van der Waals surface area contributed by atoms with E-state index < -0.39 is 10.0 Å². The van der Waals surface area contributed by atoms with Crippen molar-refractivity contribution >= 4 is 27.3 Å². The fourth-order valence-corrected chi connectivity index (χ4v) is 4.26. The Morgan fingerprint density at radius 2 is 1.83 bits per heavy atom. The molecule has 0 aliphatic carbocycles. The summed E-state index contributed by atoms with van der Waals surface area (Å²) in [6, 6.07) is 9.15. The van der Waals surface area contributed by atoms with Gasteiger partial charge in [0.05, 0.1) is 10.6 Å². The molecule has 1 aromatic heterocycles. The first kappa shape index (κ1) is 18.6. The molecule has 2 rings (SSSR count). The minimum atomic E-state index is -3.35. The zero-order chi connectivity index (χ0) is 17.7. The van der Waals surface area contributed by atoms with Gasteiger partial charge in [-0.2, -0.15) is 0 Å². The second kappa shape index (κ2) is 7.92. The molecular weight excluding hydrogens is 344 g/mol. The van der Waals surface area contributed by atoms with Crippen LogP contribution in [0.15, 0.2) is 30.3 Å². The van der Waals surface area contributed by atoms with Gasteiger partial charge in [-0.15, -0.1) is 11.3 Å². The van der Waals surface area contributed by atoms with E-state index in [1.165, 1.54) is 23.9 Å². The highest BCUT2D eigenvalue weighted by atomic mass is 32.2. The fourth-order valence-electron chi connectivity index (χ4n) is 2.39. The van der Waals surface area contributed by atoms with Crippen molar-refractivity contribution in [2.45, 2.75) is 32.6 Å². The van der Waals surface area contributed by atoms with Crippen molar-refractivity contribution in [3.05, 3.63) is 56.8 Å². The van der Waals surface area contributed by atoms with Gasteiger partial charge >= 0.3 is 0 Å². The topological polar surface area (TPSA) is 75.3 Å². The predicted octanol–water partition coefficient (Wildman–Crippen LogP) is 2.60. The summed E-state index contributed by atoms with van der Waals surface area (Å²) >= 11 is 1.48. The molecular formula is C17H22N2O3S2. The number of rotatable bonds is 7. The van der Waals surface area contributed by atoms with Crippen LogP contribution in [0.4, 0.5) is 0 Å². The third kappa shape index (κ3) is 4.66. The number of amides is 1. The van der Waals surface area contributed by atoms with Crippen molar-refractivity contribution < 1.29 is 13.2 Å². The number of carbonyl (C=O) groups excluding carboxylic acids is 1. The summed E-state index contributed by atoms with van der Waals surface area (Å²) in [5.74, 6) is -0.234. The Morgan fingerprint density at radius 3 is 2.42 bits per heavy atom. The van der Waals surface area contributed by atoms with Crippen molar-refractivity contribution in [1.29, 1.82) is 0 Å². The van der Waals surface area contributed by atoms with E-state index >= 15 is 0 Å². The summed E-state index contributed by atoms with van der Waals surface area (Å²) < 4.78 is 25.8. The second-order valence-corrected chi connectivity index (χ2v) is 8.64. The standard InChI is InChI=1S/C17H22N2O3S2/c1-4-13-9-16(23-12(13)2)17(20)19-10-14-7-5-6-8-15(14)11-24(21,22)18-3/h5-9,18H,4,10-11H2,1-3H3,(H,19,20). The summed E-state index contributed by atoms with van der Waals surface area (Å²) in [7, 11) is -1.96. The van der Waals surface area contributed by atoms with Gasteiger partial charge < -0.3 is 5.32 Å². The van der Waals surface area contributed by atoms with Crippen LogP contribution in [0.2, 0.25) is 0 Å². The molecule has 1 amide bonds. The van der Waals surface area contributed by atoms with Gasteiger partial charge in [0.15, 0.2) is 0 Å². The number of thiophene rings is 1. The summed E-state index contributed by atoms with van der Waals surface area (Å²) in [5, 5.41) is 2.88. The van der Waals surface area contributed by atoms with Crippen LogP contribution in [0.5, 0.6) is 0 Å². The van der Waals surface area contributed by atoms with Crippen LogP contribution in [-0.4, -0.2) is 21.4 Å². The van der Waals surface area contributed by atoms with E-state index in [0.29, 0.717) is 17.0 Å². The molecule has 0 saturated carbocycles. The Labute approximate surface area is 147 Å². The van der Waals surface area contributed by atoms with Crippen LogP contribution in [0.1, 0.15) is 38.2 Å². The molecule has 0 aliphatic rings. The van der Waals surface area contributed by atoms with E-state index in [2.05, 4.69) is 17.0 Å². The number of hydrogen-bond donors (Lipinski definition) is 2. The monoisotopic (exact) mass is 366 g/mol. The Bertz CT molecular complexity index is 826. The highest BCUT2D eigenvalue weighted by Crippen LogP contribution is 2.22. The van der Waals surface area contributed by atoms with Crippen molar-refractivity contribution in [2.75, 3.05) is 7.05 Å². The molecule has 0 bridgehead atoms. The number of sulfonamides is 1. The Morgan fingerprint density at radius 1 is 1.17 bits per heavy atom. The molecule has 0 aliphatic heterocycles. The Hall–Kier alpha value is -1.70. The molecule has 0 spiro atoms. The maximum Gasteiger partial charge on any atom is 0.261 e. The molecule has 24 heavy (non-hydrogen) atoms. The van der Waals surface area contributed by atoms with E-state index in [1.807, 2.05) is 25.1 Å². The Balaban J connectivity index is 2.10. The van der Waals surface area contributed by atoms with Crippen LogP contribution in [0.3, 0.4) is 0 Å². The molecule has 7 heteroatoms. The third-order valence-electron chi connectivity index (χ3n) is 3.84. The van der Waals surface area contributed by atoms with E-state index in [4.69, 9.17) is 0 Å². The second-order valence-electron chi connectivity index (χ2n) is 5.46. The van der Waals surface area contributed by atoms with Gasteiger partial charge in [0.2, 0.25) is 10.0 Å². The average Bonchev–Trinajstić information content (AvgIpc) is 2.94. The summed E-state index contributed by atoms with van der Waals surface area (Å²) in [6.07, 6.45) is 0.903. The lowest BCUT2D eigenvalue weighted by Crippen LogP contribution is -2.24. The SMILES string of the molecule is CCc1cc(C(=O)NCc2ccccc2CS(=O)(=O)NC)sc1C. The molecule has 0 radical (unpaired) electrons. The van der Waals surface area contributed by atoms with Gasteiger partial charge in [-0.25, -0.2) is 13.1 Å². The van der Waals surface area contributed by atoms with Crippen LogP contribution >= 0.6 is 11.3 Å². The van der Waals surface area contributed by atoms with Crippen molar-refractivity contribution in [3.63, 3.8) is 0 Å². The minimum Gasteiger partial charge on any atom is -0.347 e. The van der Waals surface area contributed by atoms with Gasteiger partial charge in [-0.05, 0) is 43.1 Å². The zero-order valence-corrected chi connectivity index (χ0v) is 15.7. The van der Waals surface area contributed by atoms with Crippen molar-refractivity contribution in [3.8, 4) is 0 Å². The maximum atomic E-state index is 12.3. The number of hydrogen-bond acceptors (Lipinski definition) is 4. The van der Waals surface area contributed by atoms with Gasteiger partial charge in [-0.1, -0.05) is 31.2 Å². The quantitative estimate of drug-likeness (QED) is 0.791. The van der Waals surface area contributed by atoms with E-state index in [1.54, 1.807) is 12.1 Å². The maximum absolute atomic E-state index is 12.3. The molecule has 0 fully saturated rings. The Kier molecular flexibility index (Phi) is 6.15. The first-order valence-corrected chi connectivity index (χ1v) is 10.2. The molecule has 5 nitrogen and oxygen atoms in total. The van der Waals surface area contributed by atoms with E-state index in [9.17, 15) is 13.2 Å². The third-order valence-corrected chi connectivity index (χ3v) is 6.24. The first-order valence-electron chi connectivity index (χ1n) is 7.71. The van der Waals surface area contributed by atoms with Crippen LogP contribution < -0.4 is 10.0 Å². The highest BCUT2D eigenvalue weighted by molar-refractivity contribution is 7.88. The van der Waals surface area contributed by atoms with Gasteiger partial charge in [0, 0.05) is 11.4 Å². The average molecular weight is 367 g/mol. The summed E-state index contributed by atoms with van der Waals surface area (Å²) in [4.78, 5) is 14.2. The molecule has 130 valence electrons. The fraction of sp³-hybridized carbons (Fsp3) is 0.353. The largest absolute Gasteiger partial charge is 0.347 e.